The first-order valence-electron chi connectivity index (χ1n) is 17.2. The third-order valence-corrected chi connectivity index (χ3v) is 6.87. The minimum absolute atomic E-state index is 0.0135. The summed E-state index contributed by atoms with van der Waals surface area (Å²) < 4.78 is 0. The number of nitrogens with one attached hydrogen (secondary N) is 4. The van der Waals surface area contributed by atoms with Gasteiger partial charge in [0.2, 0.25) is 23.6 Å². The van der Waals surface area contributed by atoms with E-state index in [1.165, 1.54) is 5.56 Å². The van der Waals surface area contributed by atoms with E-state index in [0.29, 0.717) is 51.2 Å². The number of rotatable bonds is 23. The van der Waals surface area contributed by atoms with Crippen LogP contribution in [0.15, 0.2) is 35.3 Å². The summed E-state index contributed by atoms with van der Waals surface area (Å²) in [6, 6.07) is 8.12. The van der Waals surface area contributed by atoms with Crippen molar-refractivity contribution in [1.82, 2.24) is 21.3 Å². The Hall–Kier alpha value is -6.00. The van der Waals surface area contributed by atoms with Crippen molar-refractivity contribution in [2.24, 2.45) is 27.9 Å². The van der Waals surface area contributed by atoms with Gasteiger partial charge in [-0.25, -0.2) is 4.79 Å². The van der Waals surface area contributed by atoms with Gasteiger partial charge in [-0.2, -0.15) is 0 Å². The molecule has 0 fully saturated rings. The van der Waals surface area contributed by atoms with Gasteiger partial charge in [-0.3, -0.25) is 33.8 Å². The Morgan fingerprint density at radius 1 is 0.839 bits per heavy atom. The number of nitrogens with zero attached hydrogens (tertiary/aromatic N) is 1. The fraction of sp³-hybridized carbons (Fsp3) is 0.529. The molecule has 22 nitrogen and oxygen atoms in total. The Morgan fingerprint density at radius 2 is 1.43 bits per heavy atom. The second kappa shape index (κ2) is 33.6. The third-order valence-electron chi connectivity index (χ3n) is 6.87. The van der Waals surface area contributed by atoms with E-state index in [0.717, 1.165) is 0 Å². The van der Waals surface area contributed by atoms with Gasteiger partial charge in [0, 0.05) is 13.1 Å². The topological polar surface area (TPSA) is 399 Å². The lowest BCUT2D eigenvalue weighted by Crippen LogP contribution is -2.46. The number of carbonyl (C=O) groups is 9. The SMILES string of the molecule is CCC(N)C(=O)NCC(=O)NC(C=O)CCCCNC(=O)CC(O)(CC(=O)O)C(=O)O.Cc1ccccc1.NC(N)=NCCCC(N)C(=O)NCC=O.O=CO. The van der Waals surface area contributed by atoms with Crippen molar-refractivity contribution in [2.45, 2.75) is 88.9 Å². The predicted octanol–water partition coefficient (Wildman–Crippen LogP) is -3.13. The van der Waals surface area contributed by atoms with E-state index in [2.05, 4.69) is 45.3 Å². The average Bonchev–Trinajstić information content (AvgIpc) is 3.14. The number of guanidine groups is 1. The van der Waals surface area contributed by atoms with E-state index in [1.807, 2.05) is 18.2 Å². The summed E-state index contributed by atoms with van der Waals surface area (Å²) in [4.78, 5) is 101. The standard InChI is InChI=1S/C18H30N4O9.C8H17N5O2.C7H8.CH2O2/c1-2-12(19)16(28)21-9-14(25)22-11(10-23)5-3-4-6-20-13(24)7-18(31,17(29)30)8-15(26)27;9-6(7(15)12-4-5-14)2-1-3-13-8(10)11;1-7-5-3-2-4-6-7;2-1-3/h10-12,31H,2-9,19H2,1H3,(H,20,24)(H,21,28)(H,22,25)(H,26,27)(H,29,30);5-6H,1-4,9H2,(H,12,15)(H4,10,11,13);2-6H,1H3;1H,(H,2,3). The molecular formula is C34H57N9O13. The van der Waals surface area contributed by atoms with Crippen molar-refractivity contribution in [2.75, 3.05) is 26.2 Å². The van der Waals surface area contributed by atoms with Crippen molar-refractivity contribution < 1.29 is 63.6 Å². The summed E-state index contributed by atoms with van der Waals surface area (Å²) in [7, 11) is 0. The lowest BCUT2D eigenvalue weighted by atomic mass is 9.95. The second-order valence-electron chi connectivity index (χ2n) is 11.7. The number of aliphatic carboxylic acids is 2. The molecule has 56 heavy (non-hydrogen) atoms. The molecule has 1 aromatic carbocycles. The van der Waals surface area contributed by atoms with Gasteiger partial charge in [0.15, 0.2) is 11.6 Å². The number of nitrogens with two attached hydrogens (primary N) is 4. The van der Waals surface area contributed by atoms with Crippen LogP contribution in [0.4, 0.5) is 0 Å². The van der Waals surface area contributed by atoms with Crippen molar-refractivity contribution in [3.05, 3.63) is 35.9 Å². The second-order valence-corrected chi connectivity index (χ2v) is 11.7. The zero-order chi connectivity index (χ0) is 43.5. The van der Waals surface area contributed by atoms with Crippen LogP contribution < -0.4 is 44.2 Å². The van der Waals surface area contributed by atoms with E-state index in [-0.39, 0.29) is 44.4 Å². The minimum atomic E-state index is -2.71. The quantitative estimate of drug-likeness (QED) is 0.0225. The lowest BCUT2D eigenvalue weighted by Gasteiger charge is -2.20. The number of amides is 4. The molecule has 316 valence electrons. The molecule has 0 heterocycles. The molecule has 4 atom stereocenters. The highest BCUT2D eigenvalue weighted by molar-refractivity contribution is 5.90. The maximum absolute atomic E-state index is 11.8. The molecule has 0 aliphatic rings. The first-order chi connectivity index (χ1) is 26.3. The zero-order valence-electron chi connectivity index (χ0n) is 31.6. The molecule has 4 unspecified atom stereocenters. The van der Waals surface area contributed by atoms with Crippen LogP contribution in [0.5, 0.6) is 0 Å². The molecule has 0 radical (unpaired) electrons. The van der Waals surface area contributed by atoms with Crippen LogP contribution in [0, 0.1) is 6.92 Å². The maximum atomic E-state index is 11.8. The van der Waals surface area contributed by atoms with Crippen LogP contribution in [-0.2, 0) is 43.2 Å². The van der Waals surface area contributed by atoms with Gasteiger partial charge < -0.3 is 74.2 Å². The number of carbonyl (C=O) groups excluding carboxylic acids is 6. The number of aldehydes is 2. The Labute approximate surface area is 324 Å². The van der Waals surface area contributed by atoms with Crippen LogP contribution in [0.2, 0.25) is 0 Å². The highest BCUT2D eigenvalue weighted by Gasteiger charge is 2.40. The molecule has 0 saturated carbocycles. The summed E-state index contributed by atoms with van der Waals surface area (Å²) in [5.74, 6) is -5.58. The number of aliphatic hydroxyl groups is 1. The van der Waals surface area contributed by atoms with Crippen LogP contribution in [0.1, 0.15) is 63.9 Å². The van der Waals surface area contributed by atoms with Crippen LogP contribution in [0.3, 0.4) is 0 Å². The van der Waals surface area contributed by atoms with Crippen LogP contribution >= 0.6 is 0 Å². The summed E-state index contributed by atoms with van der Waals surface area (Å²) in [5, 5.41) is 43.8. The molecule has 0 bridgehead atoms. The zero-order valence-corrected chi connectivity index (χ0v) is 31.6. The monoisotopic (exact) mass is 799 g/mol. The van der Waals surface area contributed by atoms with Gasteiger partial charge in [0.05, 0.1) is 44.1 Å². The van der Waals surface area contributed by atoms with Crippen molar-refractivity contribution >= 4 is 60.6 Å². The number of hydrogen-bond acceptors (Lipinski definition) is 13. The lowest BCUT2D eigenvalue weighted by molar-refractivity contribution is -0.167. The molecule has 0 aliphatic carbocycles. The number of aryl methyl sites for hydroxylation is 1. The Kier molecular flexibility index (Phi) is 32.6. The molecule has 4 amide bonds. The van der Waals surface area contributed by atoms with Crippen molar-refractivity contribution in [3.8, 4) is 0 Å². The fourth-order valence-corrected chi connectivity index (χ4v) is 3.88. The van der Waals surface area contributed by atoms with Gasteiger partial charge >= 0.3 is 11.9 Å². The van der Waals surface area contributed by atoms with Gasteiger partial charge in [-0.1, -0.05) is 42.8 Å². The Balaban J connectivity index is -0.000000913. The molecular weight excluding hydrogens is 742 g/mol. The summed E-state index contributed by atoms with van der Waals surface area (Å²) in [5.41, 5.74) is 19.9. The predicted molar refractivity (Wildman–Crippen MR) is 202 cm³/mol. The summed E-state index contributed by atoms with van der Waals surface area (Å²) >= 11 is 0. The molecule has 0 aromatic heterocycles. The first-order valence-corrected chi connectivity index (χ1v) is 17.2. The number of carboxylic acid groups (broad SMARTS) is 3. The highest BCUT2D eigenvalue weighted by Crippen LogP contribution is 2.16. The normalized spacial score (nSPS) is 12.4. The molecule has 22 heteroatoms. The molecule has 16 N–H and O–H groups in total. The number of aliphatic imine (C=N–C) groups is 1. The van der Waals surface area contributed by atoms with E-state index >= 15 is 0 Å². The van der Waals surface area contributed by atoms with Gasteiger partial charge in [-0.15, -0.1) is 0 Å². The number of unbranched alkanes of at least 4 members (excludes halogenated alkanes) is 1. The van der Waals surface area contributed by atoms with Gasteiger partial charge in [-0.05, 0) is 45.4 Å². The third kappa shape index (κ3) is 31.5. The van der Waals surface area contributed by atoms with E-state index in [1.54, 1.807) is 6.92 Å². The molecule has 0 spiro atoms. The molecule has 1 rings (SSSR count). The summed E-state index contributed by atoms with van der Waals surface area (Å²) in [6.07, 6.45) is 1.64. The average molecular weight is 800 g/mol. The van der Waals surface area contributed by atoms with E-state index in [9.17, 15) is 43.5 Å². The maximum Gasteiger partial charge on any atom is 0.336 e. The first kappa shape index (κ1) is 54.3. The largest absolute Gasteiger partial charge is 0.483 e. The van der Waals surface area contributed by atoms with Crippen LogP contribution in [-0.4, -0.2) is 131 Å². The molecule has 0 saturated heterocycles. The Bertz CT molecular complexity index is 1380. The number of hydrogen-bond donors (Lipinski definition) is 12. The van der Waals surface area contributed by atoms with Gasteiger partial charge in [0.1, 0.15) is 12.6 Å². The minimum Gasteiger partial charge on any atom is -0.483 e. The highest BCUT2D eigenvalue weighted by atomic mass is 16.4. The van der Waals surface area contributed by atoms with Crippen molar-refractivity contribution in [3.63, 3.8) is 0 Å². The van der Waals surface area contributed by atoms with Gasteiger partial charge in [0.25, 0.3) is 6.47 Å². The van der Waals surface area contributed by atoms with Crippen molar-refractivity contribution in [1.29, 1.82) is 0 Å². The van der Waals surface area contributed by atoms with E-state index in [4.69, 9.17) is 43.0 Å². The fourth-order valence-electron chi connectivity index (χ4n) is 3.88. The number of benzene rings is 1. The number of carboxylic acids is 2. The molecule has 0 aliphatic heterocycles. The smallest absolute Gasteiger partial charge is 0.336 e. The Morgan fingerprint density at radius 3 is 1.89 bits per heavy atom. The van der Waals surface area contributed by atoms with E-state index < -0.39 is 66.2 Å². The van der Waals surface area contributed by atoms with Crippen LogP contribution in [0.25, 0.3) is 0 Å². The molecule has 1 aromatic rings. The summed E-state index contributed by atoms with van der Waals surface area (Å²) in [6.45, 7) is 3.75.